The van der Waals surface area contributed by atoms with Gasteiger partial charge in [0.2, 0.25) is 10.0 Å². The van der Waals surface area contributed by atoms with Gasteiger partial charge in [0.05, 0.1) is 10.9 Å². The molecule has 0 aliphatic heterocycles. The molecule has 0 aliphatic rings. The number of nitrogens with one attached hydrogen (secondary N) is 1. The van der Waals surface area contributed by atoms with Crippen molar-refractivity contribution in [3.8, 4) is 0 Å². The van der Waals surface area contributed by atoms with Gasteiger partial charge >= 0.3 is 0 Å². The molecule has 2 aromatic heterocycles. The molecule has 1 N–H and O–H groups in total. The van der Waals surface area contributed by atoms with Crippen LogP contribution >= 0.6 is 15.9 Å². The van der Waals surface area contributed by atoms with Crippen LogP contribution < -0.4 is 4.72 Å². The van der Waals surface area contributed by atoms with E-state index in [1.165, 1.54) is 0 Å². The minimum Gasteiger partial charge on any atom is -0.285 e. The molecule has 23 heavy (non-hydrogen) atoms. The molecule has 0 fully saturated rings. The Morgan fingerprint density at radius 2 is 2.00 bits per heavy atom. The maximum atomic E-state index is 12.6. The van der Waals surface area contributed by atoms with Crippen molar-refractivity contribution in [2.75, 3.05) is 0 Å². The van der Waals surface area contributed by atoms with E-state index in [0.717, 1.165) is 10.0 Å². The van der Waals surface area contributed by atoms with Gasteiger partial charge in [0.25, 0.3) is 0 Å². The van der Waals surface area contributed by atoms with Gasteiger partial charge in [-0.25, -0.2) is 13.1 Å². The Kier molecular flexibility index (Phi) is 4.22. The number of rotatable bonds is 4. The van der Waals surface area contributed by atoms with Gasteiger partial charge in [0.15, 0.2) is 11.5 Å². The van der Waals surface area contributed by atoms with Gasteiger partial charge < -0.3 is 0 Å². The standard InChI is InChI=1S/C15H15BrN4O2S/c1-10-9-12(6-7-13(10)16)23(21,22)19-11(2)15-18-17-14-5-3-4-8-20(14)15/h3-9,11,19H,1-2H3/t11-/m1/s1. The first kappa shape index (κ1) is 16.1. The number of sulfonamides is 1. The summed E-state index contributed by atoms with van der Waals surface area (Å²) in [7, 11) is -3.65. The number of hydrogen-bond acceptors (Lipinski definition) is 4. The van der Waals surface area contributed by atoms with E-state index < -0.39 is 16.1 Å². The molecule has 3 rings (SSSR count). The second-order valence-corrected chi connectivity index (χ2v) is 7.81. The maximum absolute atomic E-state index is 12.6. The highest BCUT2D eigenvalue weighted by Gasteiger charge is 2.22. The summed E-state index contributed by atoms with van der Waals surface area (Å²) in [5.41, 5.74) is 1.53. The van der Waals surface area contributed by atoms with E-state index in [1.54, 1.807) is 35.7 Å². The molecule has 0 aliphatic carbocycles. The van der Waals surface area contributed by atoms with Crippen LogP contribution in [0.3, 0.4) is 0 Å². The van der Waals surface area contributed by atoms with Crippen LogP contribution in [0.25, 0.3) is 5.65 Å². The molecule has 6 nitrogen and oxygen atoms in total. The number of benzene rings is 1. The monoisotopic (exact) mass is 394 g/mol. The number of aromatic nitrogens is 3. The molecule has 0 radical (unpaired) electrons. The molecule has 1 aromatic carbocycles. The third kappa shape index (κ3) is 3.15. The third-order valence-corrected chi connectivity index (χ3v) is 5.93. The molecule has 0 saturated heterocycles. The first-order chi connectivity index (χ1) is 10.9. The smallest absolute Gasteiger partial charge is 0.241 e. The first-order valence-electron chi connectivity index (χ1n) is 6.96. The van der Waals surface area contributed by atoms with E-state index in [-0.39, 0.29) is 4.90 Å². The largest absolute Gasteiger partial charge is 0.285 e. The predicted octanol–water partition coefficient (Wildman–Crippen LogP) is 2.84. The van der Waals surface area contributed by atoms with E-state index in [1.807, 2.05) is 25.1 Å². The van der Waals surface area contributed by atoms with Crippen molar-refractivity contribution in [2.24, 2.45) is 0 Å². The summed E-state index contributed by atoms with van der Waals surface area (Å²) < 4.78 is 30.4. The number of halogens is 1. The van der Waals surface area contributed by atoms with Crippen molar-refractivity contribution >= 4 is 31.6 Å². The molecule has 8 heteroatoms. The van der Waals surface area contributed by atoms with Crippen molar-refractivity contribution in [1.29, 1.82) is 0 Å². The number of hydrogen-bond donors (Lipinski definition) is 1. The van der Waals surface area contributed by atoms with Gasteiger partial charge in [0.1, 0.15) is 0 Å². The number of pyridine rings is 1. The zero-order valence-electron chi connectivity index (χ0n) is 12.6. The topological polar surface area (TPSA) is 76.4 Å². The lowest BCUT2D eigenvalue weighted by Crippen LogP contribution is -2.28. The molecular formula is C15H15BrN4O2S. The van der Waals surface area contributed by atoms with E-state index in [2.05, 4.69) is 30.8 Å². The fourth-order valence-corrected chi connectivity index (χ4v) is 3.83. The lowest BCUT2D eigenvalue weighted by atomic mass is 10.2. The van der Waals surface area contributed by atoms with Crippen LogP contribution in [0.5, 0.6) is 0 Å². The summed E-state index contributed by atoms with van der Waals surface area (Å²) in [6.45, 7) is 3.59. The van der Waals surface area contributed by atoms with Gasteiger partial charge in [-0.15, -0.1) is 10.2 Å². The molecule has 0 spiro atoms. The molecule has 1 atom stereocenters. The van der Waals surface area contributed by atoms with Crippen LogP contribution in [0.15, 0.2) is 52.0 Å². The van der Waals surface area contributed by atoms with E-state index in [0.29, 0.717) is 11.5 Å². The summed E-state index contributed by atoms with van der Waals surface area (Å²) in [6.07, 6.45) is 1.80. The second-order valence-electron chi connectivity index (χ2n) is 5.24. The van der Waals surface area contributed by atoms with Crippen molar-refractivity contribution in [3.63, 3.8) is 0 Å². The van der Waals surface area contributed by atoms with Gasteiger partial charge in [-0.3, -0.25) is 4.40 Å². The van der Waals surface area contributed by atoms with Gasteiger partial charge in [-0.2, -0.15) is 0 Å². The average Bonchev–Trinajstić information content (AvgIpc) is 2.93. The molecule has 0 bridgehead atoms. The predicted molar refractivity (Wildman–Crippen MR) is 90.6 cm³/mol. The van der Waals surface area contributed by atoms with Crippen LogP contribution in [0, 0.1) is 6.92 Å². The summed E-state index contributed by atoms with van der Waals surface area (Å²) in [4.78, 5) is 0.221. The van der Waals surface area contributed by atoms with Crippen LogP contribution in [0.1, 0.15) is 24.4 Å². The minimum atomic E-state index is -3.65. The Morgan fingerprint density at radius 3 is 2.74 bits per heavy atom. The Balaban J connectivity index is 1.92. The molecule has 120 valence electrons. The molecule has 3 aromatic rings. The van der Waals surface area contributed by atoms with Crippen molar-refractivity contribution in [1.82, 2.24) is 19.3 Å². The van der Waals surface area contributed by atoms with Crippen LogP contribution in [0.2, 0.25) is 0 Å². The van der Waals surface area contributed by atoms with E-state index >= 15 is 0 Å². The normalized spacial score (nSPS) is 13.3. The highest BCUT2D eigenvalue weighted by molar-refractivity contribution is 9.10. The maximum Gasteiger partial charge on any atom is 0.241 e. The SMILES string of the molecule is Cc1cc(S(=O)(=O)N[C@H](C)c2nnc3ccccn23)ccc1Br. The summed E-state index contributed by atoms with van der Waals surface area (Å²) in [5, 5.41) is 8.12. The highest BCUT2D eigenvalue weighted by Crippen LogP contribution is 2.21. The van der Waals surface area contributed by atoms with E-state index in [4.69, 9.17) is 0 Å². The quantitative estimate of drug-likeness (QED) is 0.737. The summed E-state index contributed by atoms with van der Waals surface area (Å²) in [5.74, 6) is 0.540. The Labute approximate surface area is 142 Å². The number of nitrogens with zero attached hydrogens (tertiary/aromatic N) is 3. The highest BCUT2D eigenvalue weighted by atomic mass is 79.9. The zero-order chi connectivity index (χ0) is 16.6. The Hall–Kier alpha value is -1.77. The van der Waals surface area contributed by atoms with Crippen LogP contribution in [0.4, 0.5) is 0 Å². The molecular weight excluding hydrogens is 380 g/mol. The molecule has 0 saturated carbocycles. The molecule has 0 unspecified atom stereocenters. The average molecular weight is 395 g/mol. The summed E-state index contributed by atoms with van der Waals surface area (Å²) in [6, 6.07) is 9.92. The molecule has 0 amide bonds. The van der Waals surface area contributed by atoms with Crippen LogP contribution in [-0.2, 0) is 10.0 Å². The van der Waals surface area contributed by atoms with Crippen molar-refractivity contribution in [3.05, 3.63) is 58.5 Å². The van der Waals surface area contributed by atoms with Gasteiger partial charge in [0, 0.05) is 10.7 Å². The van der Waals surface area contributed by atoms with E-state index in [9.17, 15) is 8.42 Å². The fraction of sp³-hybridized carbons (Fsp3) is 0.200. The second kappa shape index (κ2) is 6.03. The number of aryl methyl sites for hydroxylation is 1. The van der Waals surface area contributed by atoms with Gasteiger partial charge in [-0.1, -0.05) is 22.0 Å². The minimum absolute atomic E-state index is 0.221. The first-order valence-corrected chi connectivity index (χ1v) is 9.24. The fourth-order valence-electron chi connectivity index (χ4n) is 2.29. The van der Waals surface area contributed by atoms with Crippen LogP contribution in [-0.4, -0.2) is 23.0 Å². The summed E-state index contributed by atoms with van der Waals surface area (Å²) >= 11 is 3.37. The van der Waals surface area contributed by atoms with Crippen molar-refractivity contribution in [2.45, 2.75) is 24.8 Å². The van der Waals surface area contributed by atoms with Crippen molar-refractivity contribution < 1.29 is 8.42 Å². The lowest BCUT2D eigenvalue weighted by Gasteiger charge is -2.13. The third-order valence-electron chi connectivity index (χ3n) is 3.50. The zero-order valence-corrected chi connectivity index (χ0v) is 15.0. The Morgan fingerprint density at radius 1 is 1.22 bits per heavy atom. The molecule has 2 heterocycles. The van der Waals surface area contributed by atoms with Gasteiger partial charge in [-0.05, 0) is 49.7 Å². The lowest BCUT2D eigenvalue weighted by molar-refractivity contribution is 0.558. The number of fused-ring (bicyclic) bond motifs is 1. The Bertz CT molecular complexity index is 969.